The normalized spacial score (nSPS) is 12.0. The Morgan fingerprint density at radius 2 is 1.62 bits per heavy atom. The number of benzene rings is 2. The molecule has 122 valence electrons. The van der Waals surface area contributed by atoms with Crippen molar-refractivity contribution >= 4 is 5.91 Å². The average Bonchev–Trinajstić information content (AvgIpc) is 3.06. The van der Waals surface area contributed by atoms with Crippen LogP contribution < -0.4 is 5.32 Å². The van der Waals surface area contributed by atoms with Crippen molar-refractivity contribution in [3.05, 3.63) is 77.5 Å². The Morgan fingerprint density at radius 1 is 1.04 bits per heavy atom. The number of carbonyl (C=O) groups excluding carboxylic acids is 1. The highest BCUT2D eigenvalue weighted by molar-refractivity contribution is 5.93. The summed E-state index contributed by atoms with van der Waals surface area (Å²) in [6.45, 7) is 1.81. The van der Waals surface area contributed by atoms with Gasteiger partial charge in [-0.15, -0.1) is 0 Å². The summed E-state index contributed by atoms with van der Waals surface area (Å²) in [6.07, 6.45) is 0. The number of hydrogen-bond acceptors (Lipinski definition) is 2. The number of aromatic nitrogens is 2. The Bertz CT molecular complexity index is 841. The summed E-state index contributed by atoms with van der Waals surface area (Å²) >= 11 is 0. The van der Waals surface area contributed by atoms with Crippen molar-refractivity contribution in [2.45, 2.75) is 13.0 Å². The van der Waals surface area contributed by atoms with E-state index in [0.717, 1.165) is 5.56 Å². The summed E-state index contributed by atoms with van der Waals surface area (Å²) in [5.41, 5.74) is 2.35. The molecule has 0 aliphatic carbocycles. The number of nitrogens with one attached hydrogen (secondary N) is 2. The Kier molecular flexibility index (Phi) is 4.37. The molecule has 0 radical (unpaired) electrons. The number of nitrogens with zero attached hydrogens (tertiary/aromatic N) is 1. The molecule has 0 aliphatic heterocycles. The van der Waals surface area contributed by atoms with Gasteiger partial charge in [-0.2, -0.15) is 5.10 Å². The second-order valence-electron chi connectivity index (χ2n) is 5.42. The van der Waals surface area contributed by atoms with E-state index in [2.05, 4.69) is 15.5 Å². The van der Waals surface area contributed by atoms with E-state index in [1.807, 2.05) is 6.92 Å². The molecule has 3 aromatic rings. The van der Waals surface area contributed by atoms with Gasteiger partial charge in [0, 0.05) is 5.56 Å². The van der Waals surface area contributed by atoms with Crippen LogP contribution in [0.3, 0.4) is 0 Å². The second-order valence-corrected chi connectivity index (χ2v) is 5.42. The third kappa shape index (κ3) is 3.48. The molecule has 2 N–H and O–H groups in total. The molecule has 0 aliphatic rings. The van der Waals surface area contributed by atoms with Crippen molar-refractivity contribution in [2.24, 2.45) is 0 Å². The Hall–Kier alpha value is -3.02. The minimum absolute atomic E-state index is 0.282. The number of rotatable bonds is 4. The molecule has 1 heterocycles. The smallest absolute Gasteiger partial charge is 0.269 e. The lowest BCUT2D eigenvalue weighted by Crippen LogP contribution is -2.26. The Balaban J connectivity index is 1.71. The lowest BCUT2D eigenvalue weighted by Gasteiger charge is -2.13. The van der Waals surface area contributed by atoms with Gasteiger partial charge in [0.2, 0.25) is 0 Å². The highest BCUT2D eigenvalue weighted by atomic mass is 19.1. The van der Waals surface area contributed by atoms with Gasteiger partial charge < -0.3 is 5.32 Å². The Labute approximate surface area is 137 Å². The molecule has 1 aromatic heterocycles. The quantitative estimate of drug-likeness (QED) is 0.765. The maximum atomic E-state index is 12.9. The second kappa shape index (κ2) is 6.62. The first-order chi connectivity index (χ1) is 11.5. The zero-order chi connectivity index (χ0) is 17.1. The minimum Gasteiger partial charge on any atom is -0.344 e. The molecular weight excluding hydrogens is 312 g/mol. The van der Waals surface area contributed by atoms with E-state index in [4.69, 9.17) is 0 Å². The van der Waals surface area contributed by atoms with Crippen molar-refractivity contribution in [1.82, 2.24) is 15.5 Å². The van der Waals surface area contributed by atoms with Crippen molar-refractivity contribution < 1.29 is 13.6 Å². The molecule has 0 spiro atoms. The lowest BCUT2D eigenvalue weighted by molar-refractivity contribution is 0.0935. The van der Waals surface area contributed by atoms with E-state index < -0.39 is 0 Å². The number of aromatic amines is 1. The number of H-pyrrole nitrogens is 1. The van der Waals surface area contributed by atoms with E-state index in [1.165, 1.54) is 24.3 Å². The van der Waals surface area contributed by atoms with Crippen LogP contribution in [0.15, 0.2) is 54.6 Å². The van der Waals surface area contributed by atoms with Gasteiger partial charge in [-0.05, 0) is 55.0 Å². The van der Waals surface area contributed by atoms with Crippen molar-refractivity contribution in [1.29, 1.82) is 0 Å². The number of halogens is 2. The summed E-state index contributed by atoms with van der Waals surface area (Å²) in [5.74, 6) is -0.983. The van der Waals surface area contributed by atoms with Gasteiger partial charge in [-0.25, -0.2) is 8.78 Å². The first-order valence-corrected chi connectivity index (χ1v) is 7.40. The van der Waals surface area contributed by atoms with Crippen LogP contribution in [0.1, 0.15) is 29.0 Å². The van der Waals surface area contributed by atoms with Crippen molar-refractivity contribution in [2.75, 3.05) is 0 Å². The SMILES string of the molecule is C[C@@H](NC(=O)c1cc(-c2ccc(F)cc2)n[nH]1)c1ccc(F)cc1. The van der Waals surface area contributed by atoms with E-state index >= 15 is 0 Å². The average molecular weight is 327 g/mol. The topological polar surface area (TPSA) is 57.8 Å². The van der Waals surface area contributed by atoms with Gasteiger partial charge in [0.15, 0.2) is 0 Å². The highest BCUT2D eigenvalue weighted by Gasteiger charge is 2.14. The zero-order valence-corrected chi connectivity index (χ0v) is 12.9. The van der Waals surface area contributed by atoms with Crippen LogP contribution in [0.25, 0.3) is 11.3 Å². The van der Waals surface area contributed by atoms with Crippen molar-refractivity contribution in [3.63, 3.8) is 0 Å². The van der Waals surface area contributed by atoms with Crippen LogP contribution in [0, 0.1) is 11.6 Å². The highest BCUT2D eigenvalue weighted by Crippen LogP contribution is 2.19. The predicted octanol–water partition coefficient (Wildman–Crippen LogP) is 3.85. The van der Waals surface area contributed by atoms with Crippen LogP contribution >= 0.6 is 0 Å². The van der Waals surface area contributed by atoms with Crippen LogP contribution in [0.5, 0.6) is 0 Å². The summed E-state index contributed by atoms with van der Waals surface area (Å²) in [6, 6.07) is 13.1. The molecule has 1 amide bonds. The molecule has 0 saturated carbocycles. The molecule has 0 unspecified atom stereocenters. The summed E-state index contributed by atoms with van der Waals surface area (Å²) in [4.78, 5) is 12.3. The van der Waals surface area contributed by atoms with Gasteiger partial charge in [-0.3, -0.25) is 9.89 Å². The summed E-state index contributed by atoms with van der Waals surface area (Å²) < 4.78 is 25.9. The Morgan fingerprint density at radius 3 is 2.25 bits per heavy atom. The maximum absolute atomic E-state index is 12.9. The van der Waals surface area contributed by atoms with E-state index in [0.29, 0.717) is 17.0 Å². The van der Waals surface area contributed by atoms with Crippen LogP contribution in [-0.2, 0) is 0 Å². The third-order valence-corrected chi connectivity index (χ3v) is 3.68. The van der Waals surface area contributed by atoms with E-state index in [9.17, 15) is 13.6 Å². The molecule has 24 heavy (non-hydrogen) atoms. The first-order valence-electron chi connectivity index (χ1n) is 7.40. The predicted molar refractivity (Wildman–Crippen MR) is 86.3 cm³/mol. The van der Waals surface area contributed by atoms with Gasteiger partial charge in [0.1, 0.15) is 17.3 Å². The van der Waals surface area contributed by atoms with Gasteiger partial charge in [0.05, 0.1) is 11.7 Å². The number of hydrogen-bond donors (Lipinski definition) is 2. The monoisotopic (exact) mass is 327 g/mol. The molecule has 0 fully saturated rings. The molecule has 0 saturated heterocycles. The fourth-order valence-corrected chi connectivity index (χ4v) is 2.32. The molecule has 0 bridgehead atoms. The van der Waals surface area contributed by atoms with Crippen LogP contribution in [0.4, 0.5) is 8.78 Å². The molecule has 6 heteroatoms. The van der Waals surface area contributed by atoms with E-state index in [-0.39, 0.29) is 23.6 Å². The molecule has 4 nitrogen and oxygen atoms in total. The molecule has 1 atom stereocenters. The molecule has 2 aromatic carbocycles. The fourth-order valence-electron chi connectivity index (χ4n) is 2.32. The summed E-state index contributed by atoms with van der Waals surface area (Å²) in [5, 5.41) is 9.55. The third-order valence-electron chi connectivity index (χ3n) is 3.68. The van der Waals surface area contributed by atoms with Crippen LogP contribution in [0.2, 0.25) is 0 Å². The first kappa shape index (κ1) is 15.9. The van der Waals surface area contributed by atoms with Crippen LogP contribution in [-0.4, -0.2) is 16.1 Å². The lowest BCUT2D eigenvalue weighted by atomic mass is 10.1. The zero-order valence-electron chi connectivity index (χ0n) is 12.9. The van der Waals surface area contributed by atoms with Gasteiger partial charge in [-0.1, -0.05) is 12.1 Å². The minimum atomic E-state index is -0.333. The maximum Gasteiger partial charge on any atom is 0.269 e. The fraction of sp³-hybridized carbons (Fsp3) is 0.111. The molecular formula is C18H15F2N3O. The molecule has 3 rings (SSSR count). The summed E-state index contributed by atoms with van der Waals surface area (Å²) in [7, 11) is 0. The van der Waals surface area contributed by atoms with E-state index in [1.54, 1.807) is 30.3 Å². The standard InChI is InChI=1S/C18H15F2N3O/c1-11(12-2-6-14(19)7-3-12)21-18(24)17-10-16(22-23-17)13-4-8-15(20)9-5-13/h2-11H,1H3,(H,21,24)(H,22,23)/t11-/m1/s1. The number of carbonyl (C=O) groups is 1. The number of amides is 1. The largest absolute Gasteiger partial charge is 0.344 e. The van der Waals surface area contributed by atoms with Crippen molar-refractivity contribution in [3.8, 4) is 11.3 Å². The van der Waals surface area contributed by atoms with Gasteiger partial charge >= 0.3 is 0 Å². The van der Waals surface area contributed by atoms with Gasteiger partial charge in [0.25, 0.3) is 5.91 Å².